The van der Waals surface area contributed by atoms with Crippen LogP contribution in [-0.4, -0.2) is 34.4 Å². The van der Waals surface area contributed by atoms with E-state index in [9.17, 15) is 26.7 Å². The summed E-state index contributed by atoms with van der Waals surface area (Å²) in [6.07, 6.45) is -5.74. The zero-order valence-electron chi connectivity index (χ0n) is 16.0. The lowest BCUT2D eigenvalue weighted by molar-refractivity contribution is -0.297. The molecule has 0 spiro atoms. The first-order chi connectivity index (χ1) is 14.9. The van der Waals surface area contributed by atoms with Crippen molar-refractivity contribution in [2.24, 2.45) is 5.73 Å². The second-order valence-electron chi connectivity index (χ2n) is 6.62. The molecule has 5 nitrogen and oxygen atoms in total. The van der Waals surface area contributed by atoms with Gasteiger partial charge in [0.15, 0.2) is 5.69 Å². The van der Waals surface area contributed by atoms with E-state index in [4.69, 9.17) is 28.9 Å². The highest BCUT2D eigenvalue weighted by atomic mass is 35.5. The molecule has 0 saturated carbocycles. The Morgan fingerprint density at radius 2 is 1.72 bits per heavy atom. The van der Waals surface area contributed by atoms with Gasteiger partial charge in [-0.15, -0.1) is 0 Å². The third kappa shape index (κ3) is 4.87. The Balaban J connectivity index is 1.98. The van der Waals surface area contributed by atoms with Gasteiger partial charge in [0, 0.05) is 10.6 Å². The van der Waals surface area contributed by atoms with Crippen molar-refractivity contribution in [2.75, 3.05) is 6.61 Å². The molecule has 0 radical (unpaired) electrons. The molecule has 2 aromatic carbocycles. The number of nitrogens with two attached hydrogens (primary N) is 1. The largest absolute Gasteiger partial charge is 0.455 e. The van der Waals surface area contributed by atoms with Gasteiger partial charge in [-0.2, -0.15) is 27.1 Å². The normalized spacial score (nSPS) is 12.2. The molecule has 1 heterocycles. The maximum Gasteiger partial charge on any atom is 0.455 e. The predicted molar refractivity (Wildman–Crippen MR) is 108 cm³/mol. The Labute approximate surface area is 188 Å². The van der Waals surface area contributed by atoms with E-state index in [-0.39, 0.29) is 21.3 Å². The van der Waals surface area contributed by atoms with Gasteiger partial charge >= 0.3 is 12.1 Å². The summed E-state index contributed by atoms with van der Waals surface area (Å²) in [5.74, 6) is -5.89. The number of halogens is 7. The molecule has 3 aromatic rings. The lowest BCUT2D eigenvalue weighted by Gasteiger charge is -2.19. The molecule has 0 atom stereocenters. The number of primary amides is 1. The van der Waals surface area contributed by atoms with Crippen molar-refractivity contribution < 1.29 is 31.5 Å². The van der Waals surface area contributed by atoms with E-state index < -0.39 is 31.2 Å². The highest BCUT2D eigenvalue weighted by molar-refractivity contribution is 6.36. The fraction of sp³-hybridized carbons (Fsp3) is 0.200. The standard InChI is InChI=1S/C20H14Cl2F5N3O2/c21-14-7-6-13(8-12(14)9-32-10-19(23,24)20(25,26)27)30-17(11-4-2-1-3-5-11)15(22)16(29-30)18(28)31/h1-8H,9-10H2,(H2,28,31). The van der Waals surface area contributed by atoms with Gasteiger partial charge < -0.3 is 10.5 Å². The van der Waals surface area contributed by atoms with Crippen molar-refractivity contribution in [1.29, 1.82) is 0 Å². The topological polar surface area (TPSA) is 70.1 Å². The highest BCUT2D eigenvalue weighted by Crippen LogP contribution is 2.36. The molecule has 170 valence electrons. The van der Waals surface area contributed by atoms with Gasteiger partial charge in [-0.05, 0) is 23.8 Å². The number of rotatable bonds is 7. The molecule has 0 aliphatic rings. The Hall–Kier alpha value is -2.69. The summed E-state index contributed by atoms with van der Waals surface area (Å²) in [5, 5.41) is 4.19. The maximum atomic E-state index is 13.1. The second kappa shape index (κ2) is 9.05. The average Bonchev–Trinajstić information content (AvgIpc) is 3.06. The van der Waals surface area contributed by atoms with E-state index in [2.05, 4.69) is 9.84 Å². The monoisotopic (exact) mass is 493 g/mol. The van der Waals surface area contributed by atoms with Gasteiger partial charge in [-0.1, -0.05) is 53.5 Å². The number of nitrogens with zero attached hydrogens (tertiary/aromatic N) is 2. The SMILES string of the molecule is NC(=O)c1nn(-c2ccc(Cl)c(COCC(F)(F)C(F)(F)F)c2)c(-c2ccccc2)c1Cl. The Bertz CT molecular complexity index is 1130. The molecule has 2 N–H and O–H groups in total. The molecule has 1 amide bonds. The molecule has 0 fully saturated rings. The summed E-state index contributed by atoms with van der Waals surface area (Å²) in [4.78, 5) is 11.7. The van der Waals surface area contributed by atoms with Crippen molar-refractivity contribution in [1.82, 2.24) is 9.78 Å². The van der Waals surface area contributed by atoms with E-state index in [1.165, 1.54) is 22.9 Å². The van der Waals surface area contributed by atoms with Crippen molar-refractivity contribution in [3.8, 4) is 16.9 Å². The van der Waals surface area contributed by atoms with Crippen molar-refractivity contribution >= 4 is 29.1 Å². The van der Waals surface area contributed by atoms with Crippen LogP contribution in [0.3, 0.4) is 0 Å². The third-order valence-electron chi connectivity index (χ3n) is 4.34. The number of ether oxygens (including phenoxy) is 1. The minimum atomic E-state index is -5.74. The number of hydrogen-bond acceptors (Lipinski definition) is 3. The first-order valence-electron chi connectivity index (χ1n) is 8.87. The zero-order chi connectivity index (χ0) is 23.7. The molecular weight excluding hydrogens is 480 g/mol. The lowest BCUT2D eigenvalue weighted by Crippen LogP contribution is -2.40. The summed E-state index contributed by atoms with van der Waals surface area (Å²) in [6, 6.07) is 12.9. The average molecular weight is 494 g/mol. The minimum Gasteiger partial charge on any atom is -0.370 e. The maximum absolute atomic E-state index is 13.1. The van der Waals surface area contributed by atoms with E-state index in [1.807, 2.05) is 0 Å². The van der Waals surface area contributed by atoms with Crippen LogP contribution in [0.4, 0.5) is 22.0 Å². The van der Waals surface area contributed by atoms with Gasteiger partial charge in [0.25, 0.3) is 5.91 Å². The molecule has 3 rings (SSSR count). The zero-order valence-corrected chi connectivity index (χ0v) is 17.5. The summed E-state index contributed by atoms with van der Waals surface area (Å²) in [5.41, 5.74) is 6.46. The van der Waals surface area contributed by atoms with Crippen LogP contribution in [0.1, 0.15) is 16.1 Å². The van der Waals surface area contributed by atoms with E-state index in [1.54, 1.807) is 30.3 Å². The smallest absolute Gasteiger partial charge is 0.370 e. The van der Waals surface area contributed by atoms with Crippen LogP contribution in [0.25, 0.3) is 16.9 Å². The van der Waals surface area contributed by atoms with Crippen LogP contribution in [0.5, 0.6) is 0 Å². The van der Waals surface area contributed by atoms with Crippen LogP contribution < -0.4 is 5.73 Å². The number of aromatic nitrogens is 2. The summed E-state index contributed by atoms with van der Waals surface area (Å²) >= 11 is 12.4. The van der Waals surface area contributed by atoms with E-state index >= 15 is 0 Å². The number of carbonyl (C=O) groups excluding carboxylic acids is 1. The molecule has 0 aliphatic heterocycles. The van der Waals surface area contributed by atoms with Gasteiger partial charge in [-0.3, -0.25) is 4.79 Å². The van der Waals surface area contributed by atoms with Crippen LogP contribution >= 0.6 is 23.2 Å². The number of amides is 1. The van der Waals surface area contributed by atoms with Crippen LogP contribution in [0.2, 0.25) is 10.0 Å². The first-order valence-corrected chi connectivity index (χ1v) is 9.63. The lowest BCUT2D eigenvalue weighted by atomic mass is 10.1. The summed E-state index contributed by atoms with van der Waals surface area (Å²) < 4.78 is 69.0. The number of benzene rings is 2. The number of hydrogen-bond donors (Lipinski definition) is 1. The Morgan fingerprint density at radius 3 is 2.31 bits per heavy atom. The molecule has 0 saturated heterocycles. The third-order valence-corrected chi connectivity index (χ3v) is 5.06. The number of alkyl halides is 5. The van der Waals surface area contributed by atoms with Gasteiger partial charge in [0.1, 0.15) is 11.6 Å². The highest BCUT2D eigenvalue weighted by Gasteiger charge is 2.57. The Kier molecular flexibility index (Phi) is 6.77. The van der Waals surface area contributed by atoms with E-state index in [0.29, 0.717) is 16.9 Å². The van der Waals surface area contributed by atoms with Crippen LogP contribution in [0.15, 0.2) is 48.5 Å². The fourth-order valence-corrected chi connectivity index (χ4v) is 3.26. The summed E-state index contributed by atoms with van der Waals surface area (Å²) in [7, 11) is 0. The fourth-order valence-electron chi connectivity index (χ4n) is 2.76. The molecule has 1 aromatic heterocycles. The minimum absolute atomic E-state index is 0.0127. The first kappa shape index (κ1) is 24.0. The molecule has 0 unspecified atom stereocenters. The Morgan fingerprint density at radius 1 is 1.06 bits per heavy atom. The van der Waals surface area contributed by atoms with Crippen molar-refractivity contribution in [3.63, 3.8) is 0 Å². The van der Waals surface area contributed by atoms with E-state index in [0.717, 1.165) is 0 Å². The predicted octanol–water partition coefficient (Wildman–Crippen LogP) is 5.66. The number of carbonyl (C=O) groups is 1. The van der Waals surface area contributed by atoms with Crippen LogP contribution in [0, 0.1) is 0 Å². The van der Waals surface area contributed by atoms with Crippen molar-refractivity contribution in [2.45, 2.75) is 18.7 Å². The quantitative estimate of drug-likeness (QED) is 0.431. The molecular formula is C20H14Cl2F5N3O2. The van der Waals surface area contributed by atoms with Gasteiger partial charge in [0.05, 0.1) is 18.0 Å². The second-order valence-corrected chi connectivity index (χ2v) is 7.41. The molecule has 32 heavy (non-hydrogen) atoms. The summed E-state index contributed by atoms with van der Waals surface area (Å²) in [6.45, 7) is -2.50. The van der Waals surface area contributed by atoms with Crippen molar-refractivity contribution in [3.05, 3.63) is 69.8 Å². The molecule has 12 heteroatoms. The van der Waals surface area contributed by atoms with Gasteiger partial charge in [-0.25, -0.2) is 4.68 Å². The molecule has 0 aliphatic carbocycles. The van der Waals surface area contributed by atoms with Gasteiger partial charge in [0.2, 0.25) is 0 Å². The molecule has 0 bridgehead atoms. The van der Waals surface area contributed by atoms with Crippen LogP contribution in [-0.2, 0) is 11.3 Å².